The number of aromatic nitrogens is 3. The Morgan fingerprint density at radius 3 is 2.71 bits per heavy atom. The minimum absolute atomic E-state index is 0.0238. The highest BCUT2D eigenvalue weighted by atomic mass is 16.4. The van der Waals surface area contributed by atoms with Crippen LogP contribution >= 0.6 is 0 Å². The molecule has 0 aliphatic carbocycles. The van der Waals surface area contributed by atoms with E-state index in [1.54, 1.807) is 18.5 Å². The quantitative estimate of drug-likeness (QED) is 0.367. The van der Waals surface area contributed by atoms with E-state index < -0.39 is 0 Å². The number of nitrogens with two attached hydrogens (primary N) is 1. The summed E-state index contributed by atoms with van der Waals surface area (Å²) in [7, 11) is 1.91. The van der Waals surface area contributed by atoms with Gasteiger partial charge >= 0.3 is 0 Å². The first-order valence-corrected chi connectivity index (χ1v) is 6.54. The zero-order valence-corrected chi connectivity index (χ0v) is 12.1. The summed E-state index contributed by atoms with van der Waals surface area (Å²) in [5.74, 6) is 0.523. The second-order valence-corrected chi connectivity index (χ2v) is 4.71. The lowest BCUT2D eigenvalue weighted by Gasteiger charge is -2.18. The molecule has 2 heterocycles. The second kappa shape index (κ2) is 6.65. The van der Waals surface area contributed by atoms with E-state index in [0.717, 1.165) is 18.7 Å². The summed E-state index contributed by atoms with van der Waals surface area (Å²) in [4.78, 5) is 14.6. The van der Waals surface area contributed by atoms with Crippen LogP contribution in [0.25, 0.3) is 0 Å². The van der Waals surface area contributed by atoms with Crippen LogP contribution in [0.2, 0.25) is 0 Å². The predicted molar refractivity (Wildman–Crippen MR) is 80.5 cm³/mol. The third kappa shape index (κ3) is 3.88. The molecule has 0 bridgehead atoms. The van der Waals surface area contributed by atoms with E-state index in [-0.39, 0.29) is 5.84 Å². The van der Waals surface area contributed by atoms with Gasteiger partial charge < -0.3 is 15.8 Å². The molecule has 2 rings (SSSR count). The first-order chi connectivity index (χ1) is 10.1. The molecular formula is C14H18N6O. The van der Waals surface area contributed by atoms with Gasteiger partial charge in [0.15, 0.2) is 5.84 Å². The molecule has 0 atom stereocenters. The number of hydrogen-bond donors (Lipinski definition) is 2. The van der Waals surface area contributed by atoms with Gasteiger partial charge in [-0.1, -0.05) is 5.16 Å². The maximum atomic E-state index is 8.74. The molecule has 0 unspecified atom stereocenters. The Morgan fingerprint density at radius 2 is 2.05 bits per heavy atom. The van der Waals surface area contributed by atoms with E-state index in [1.165, 1.54) is 5.56 Å². The lowest BCUT2D eigenvalue weighted by molar-refractivity contribution is 0.318. The highest BCUT2D eigenvalue weighted by Gasteiger charge is 2.10. The Balaban J connectivity index is 2.12. The number of rotatable bonds is 5. The number of anilines is 1. The lowest BCUT2D eigenvalue weighted by Crippen LogP contribution is -2.25. The highest BCUT2D eigenvalue weighted by molar-refractivity contribution is 5.95. The van der Waals surface area contributed by atoms with E-state index in [4.69, 9.17) is 10.9 Å². The molecule has 0 spiro atoms. The fourth-order valence-electron chi connectivity index (χ4n) is 1.85. The fraction of sp³-hybridized carbons (Fsp3) is 0.286. The van der Waals surface area contributed by atoms with Crippen LogP contribution in [0.3, 0.4) is 0 Å². The third-order valence-electron chi connectivity index (χ3n) is 3.04. The van der Waals surface area contributed by atoms with Gasteiger partial charge in [-0.25, -0.2) is 9.97 Å². The van der Waals surface area contributed by atoms with Crippen LogP contribution < -0.4 is 10.6 Å². The van der Waals surface area contributed by atoms with E-state index in [9.17, 15) is 0 Å². The Hall–Kier alpha value is -2.70. The maximum Gasteiger partial charge on any atom is 0.225 e. The summed E-state index contributed by atoms with van der Waals surface area (Å²) >= 11 is 0. The summed E-state index contributed by atoms with van der Waals surface area (Å²) in [5.41, 5.74) is 7.95. The molecule has 21 heavy (non-hydrogen) atoms. The number of nitrogens with zero attached hydrogens (tertiary/aromatic N) is 5. The summed E-state index contributed by atoms with van der Waals surface area (Å²) in [5, 5.41) is 11.7. The van der Waals surface area contributed by atoms with Crippen LogP contribution in [0.1, 0.15) is 17.0 Å². The van der Waals surface area contributed by atoms with Crippen LogP contribution in [-0.2, 0) is 6.42 Å². The molecule has 3 N–H and O–H groups in total. The van der Waals surface area contributed by atoms with Crippen LogP contribution in [-0.4, -0.2) is 39.6 Å². The molecule has 0 amide bonds. The van der Waals surface area contributed by atoms with Crippen LogP contribution in [0.4, 0.5) is 5.95 Å². The normalized spacial score (nSPS) is 11.4. The minimum atomic E-state index is -0.0238. The van der Waals surface area contributed by atoms with Gasteiger partial charge in [-0.2, -0.15) is 0 Å². The van der Waals surface area contributed by atoms with Crippen molar-refractivity contribution in [3.05, 3.63) is 47.5 Å². The summed E-state index contributed by atoms with van der Waals surface area (Å²) in [6, 6.07) is 5.63. The zero-order valence-electron chi connectivity index (χ0n) is 12.1. The molecule has 0 aromatic carbocycles. The number of pyridine rings is 1. The summed E-state index contributed by atoms with van der Waals surface area (Å²) in [6.45, 7) is 2.60. The van der Waals surface area contributed by atoms with Crippen molar-refractivity contribution in [2.75, 3.05) is 18.5 Å². The molecule has 0 fully saturated rings. The first kappa shape index (κ1) is 14.7. The van der Waals surface area contributed by atoms with E-state index in [1.807, 2.05) is 31.0 Å². The van der Waals surface area contributed by atoms with Crippen molar-refractivity contribution in [2.45, 2.75) is 13.3 Å². The molecule has 2 aromatic heterocycles. The number of amidine groups is 1. The number of aryl methyl sites for hydroxylation is 1. The Labute approximate surface area is 123 Å². The minimum Gasteiger partial charge on any atom is -0.409 e. The Kier molecular flexibility index (Phi) is 4.65. The van der Waals surface area contributed by atoms with Crippen LogP contribution in [0, 0.1) is 6.92 Å². The SMILES string of the molecule is Cc1cc(/C(N)=N/O)nc(N(C)CCc2ccncc2)n1. The largest absolute Gasteiger partial charge is 0.409 e. The van der Waals surface area contributed by atoms with Gasteiger partial charge in [0.25, 0.3) is 0 Å². The standard InChI is InChI=1S/C14H18N6O/c1-10-9-12(13(15)19-21)18-14(17-10)20(2)8-5-11-3-6-16-7-4-11/h3-4,6-7,9,21H,5,8H2,1-2H3,(H2,15,19). The Bertz CT molecular complexity index is 629. The zero-order chi connectivity index (χ0) is 15.2. The number of likely N-dealkylation sites (N-methyl/N-ethyl adjacent to an activating group) is 1. The predicted octanol–water partition coefficient (Wildman–Crippen LogP) is 0.953. The van der Waals surface area contributed by atoms with Crippen molar-refractivity contribution in [1.82, 2.24) is 15.0 Å². The average molecular weight is 286 g/mol. The first-order valence-electron chi connectivity index (χ1n) is 6.54. The maximum absolute atomic E-state index is 8.74. The molecule has 110 valence electrons. The molecule has 2 aromatic rings. The molecule has 0 radical (unpaired) electrons. The van der Waals surface area contributed by atoms with Gasteiger partial charge in [0, 0.05) is 31.7 Å². The molecule has 0 saturated carbocycles. The molecule has 7 heteroatoms. The van der Waals surface area contributed by atoms with Gasteiger partial charge in [-0.05, 0) is 37.1 Å². The van der Waals surface area contributed by atoms with Crippen molar-refractivity contribution in [3.8, 4) is 0 Å². The van der Waals surface area contributed by atoms with Gasteiger partial charge in [0.2, 0.25) is 5.95 Å². The average Bonchev–Trinajstić information content (AvgIpc) is 2.52. The van der Waals surface area contributed by atoms with Crippen molar-refractivity contribution >= 4 is 11.8 Å². The molecule has 7 nitrogen and oxygen atoms in total. The van der Waals surface area contributed by atoms with E-state index >= 15 is 0 Å². The fourth-order valence-corrected chi connectivity index (χ4v) is 1.85. The van der Waals surface area contributed by atoms with Gasteiger partial charge in [-0.3, -0.25) is 4.98 Å². The van der Waals surface area contributed by atoms with Crippen molar-refractivity contribution in [2.24, 2.45) is 10.9 Å². The second-order valence-electron chi connectivity index (χ2n) is 4.71. The van der Waals surface area contributed by atoms with Gasteiger partial charge in [-0.15, -0.1) is 0 Å². The number of oxime groups is 1. The van der Waals surface area contributed by atoms with Crippen molar-refractivity contribution in [1.29, 1.82) is 0 Å². The van der Waals surface area contributed by atoms with Crippen LogP contribution in [0.15, 0.2) is 35.7 Å². The van der Waals surface area contributed by atoms with E-state index in [0.29, 0.717) is 11.6 Å². The summed E-state index contributed by atoms with van der Waals surface area (Å²) in [6.07, 6.45) is 4.40. The van der Waals surface area contributed by atoms with E-state index in [2.05, 4.69) is 20.1 Å². The highest BCUT2D eigenvalue weighted by Crippen LogP contribution is 2.10. The topological polar surface area (TPSA) is 101 Å². The third-order valence-corrected chi connectivity index (χ3v) is 3.04. The van der Waals surface area contributed by atoms with Gasteiger partial charge in [0.1, 0.15) is 5.69 Å². The Morgan fingerprint density at radius 1 is 1.33 bits per heavy atom. The van der Waals surface area contributed by atoms with Gasteiger partial charge in [0.05, 0.1) is 0 Å². The molecule has 0 saturated heterocycles. The molecule has 0 aliphatic rings. The van der Waals surface area contributed by atoms with Crippen molar-refractivity contribution < 1.29 is 5.21 Å². The smallest absolute Gasteiger partial charge is 0.225 e. The van der Waals surface area contributed by atoms with Crippen molar-refractivity contribution in [3.63, 3.8) is 0 Å². The monoisotopic (exact) mass is 286 g/mol. The summed E-state index contributed by atoms with van der Waals surface area (Å²) < 4.78 is 0. The number of hydrogen-bond acceptors (Lipinski definition) is 6. The lowest BCUT2D eigenvalue weighted by atomic mass is 10.2. The molecule has 0 aliphatic heterocycles. The van der Waals surface area contributed by atoms with Crippen LogP contribution in [0.5, 0.6) is 0 Å². The molecular weight excluding hydrogens is 268 g/mol.